The van der Waals surface area contributed by atoms with Crippen LogP contribution >= 0.6 is 0 Å². The monoisotopic (exact) mass is 269 g/mol. The first-order valence-electron chi connectivity index (χ1n) is 7.23. The van der Waals surface area contributed by atoms with Crippen molar-refractivity contribution in [3.8, 4) is 0 Å². The van der Waals surface area contributed by atoms with Crippen molar-refractivity contribution in [1.29, 1.82) is 0 Å². The summed E-state index contributed by atoms with van der Waals surface area (Å²) in [6, 6.07) is 19.1. The fraction of sp³-hybridized carbons (Fsp3) is 0.333. The van der Waals surface area contributed by atoms with Crippen molar-refractivity contribution in [2.75, 3.05) is 6.61 Å². The van der Waals surface area contributed by atoms with Crippen LogP contribution < -0.4 is 5.32 Å². The van der Waals surface area contributed by atoms with E-state index in [-0.39, 0.29) is 18.7 Å². The van der Waals surface area contributed by atoms with Crippen molar-refractivity contribution in [2.45, 2.75) is 32.4 Å². The highest BCUT2D eigenvalue weighted by Crippen LogP contribution is 2.25. The van der Waals surface area contributed by atoms with E-state index in [1.165, 1.54) is 16.7 Å². The average Bonchev–Trinajstić information content (AvgIpc) is 2.51. The van der Waals surface area contributed by atoms with Crippen molar-refractivity contribution >= 4 is 0 Å². The molecule has 0 spiro atoms. The van der Waals surface area contributed by atoms with Crippen molar-refractivity contribution in [3.63, 3.8) is 0 Å². The molecule has 0 amide bonds. The second-order valence-electron chi connectivity index (χ2n) is 5.15. The molecule has 0 bridgehead atoms. The molecule has 0 aromatic heterocycles. The summed E-state index contributed by atoms with van der Waals surface area (Å²) in [5, 5.41) is 13.1. The number of aliphatic hydroxyl groups excluding tert-OH is 1. The third-order valence-electron chi connectivity index (χ3n) is 3.75. The van der Waals surface area contributed by atoms with E-state index in [1.807, 2.05) is 6.07 Å². The molecule has 2 aromatic carbocycles. The zero-order valence-electron chi connectivity index (χ0n) is 12.2. The minimum absolute atomic E-state index is 0.111. The Labute approximate surface area is 121 Å². The molecular formula is C18H23NO. The Morgan fingerprint density at radius 1 is 1.00 bits per heavy atom. The van der Waals surface area contributed by atoms with Crippen LogP contribution in [0.4, 0.5) is 0 Å². The van der Waals surface area contributed by atoms with Crippen LogP contribution in [0.15, 0.2) is 54.6 Å². The molecule has 2 rings (SSSR count). The molecule has 0 aliphatic rings. The lowest BCUT2D eigenvalue weighted by molar-refractivity contribution is 0.232. The van der Waals surface area contributed by atoms with Gasteiger partial charge in [0.05, 0.1) is 12.6 Å². The molecule has 20 heavy (non-hydrogen) atoms. The largest absolute Gasteiger partial charge is 0.395 e. The Balaban J connectivity index is 2.37. The fourth-order valence-electron chi connectivity index (χ4n) is 2.46. The summed E-state index contributed by atoms with van der Waals surface area (Å²) in [7, 11) is 0. The van der Waals surface area contributed by atoms with Gasteiger partial charge in [0.2, 0.25) is 0 Å². The van der Waals surface area contributed by atoms with Gasteiger partial charge in [-0.25, -0.2) is 0 Å². The molecule has 2 nitrogen and oxygen atoms in total. The normalized spacial score (nSPS) is 13.9. The lowest BCUT2D eigenvalue weighted by atomic mass is 9.94. The van der Waals surface area contributed by atoms with E-state index in [9.17, 15) is 5.11 Å². The van der Waals surface area contributed by atoms with Gasteiger partial charge in [-0.3, -0.25) is 0 Å². The van der Waals surface area contributed by atoms with Crippen molar-refractivity contribution < 1.29 is 5.11 Å². The zero-order valence-corrected chi connectivity index (χ0v) is 12.2. The van der Waals surface area contributed by atoms with Crippen LogP contribution in [0, 0.1) is 6.92 Å². The third-order valence-corrected chi connectivity index (χ3v) is 3.75. The maximum Gasteiger partial charge on any atom is 0.0584 e. The molecule has 0 aliphatic carbocycles. The van der Waals surface area contributed by atoms with E-state index >= 15 is 0 Å². The Morgan fingerprint density at radius 2 is 1.65 bits per heavy atom. The molecule has 2 aromatic rings. The molecule has 106 valence electrons. The maximum absolute atomic E-state index is 9.48. The number of rotatable bonds is 6. The first-order chi connectivity index (χ1) is 9.76. The summed E-state index contributed by atoms with van der Waals surface area (Å²) in [5.74, 6) is 0. The van der Waals surface area contributed by atoms with Gasteiger partial charge in [-0.05, 0) is 30.0 Å². The second kappa shape index (κ2) is 7.22. The first kappa shape index (κ1) is 14.8. The summed E-state index contributed by atoms with van der Waals surface area (Å²) in [6.07, 6.45) is 0.908. The quantitative estimate of drug-likeness (QED) is 0.842. The Hall–Kier alpha value is -1.64. The summed E-state index contributed by atoms with van der Waals surface area (Å²) in [6.45, 7) is 4.38. The highest BCUT2D eigenvalue weighted by atomic mass is 16.3. The van der Waals surface area contributed by atoms with Gasteiger partial charge in [-0.2, -0.15) is 0 Å². The molecule has 2 atom stereocenters. The van der Waals surface area contributed by atoms with E-state index in [4.69, 9.17) is 0 Å². The molecular weight excluding hydrogens is 246 g/mol. The fourth-order valence-corrected chi connectivity index (χ4v) is 2.46. The molecule has 0 aliphatic heterocycles. The average molecular weight is 269 g/mol. The predicted molar refractivity (Wildman–Crippen MR) is 83.8 cm³/mol. The van der Waals surface area contributed by atoms with Gasteiger partial charge in [0.15, 0.2) is 0 Å². The van der Waals surface area contributed by atoms with Gasteiger partial charge in [-0.15, -0.1) is 0 Å². The second-order valence-corrected chi connectivity index (χ2v) is 5.15. The lowest BCUT2D eigenvalue weighted by Gasteiger charge is -2.26. The van der Waals surface area contributed by atoms with E-state index in [0.29, 0.717) is 0 Å². The molecule has 0 saturated carbocycles. The minimum atomic E-state index is 0.111. The van der Waals surface area contributed by atoms with Crippen LogP contribution in [-0.4, -0.2) is 17.8 Å². The topological polar surface area (TPSA) is 32.3 Å². The van der Waals surface area contributed by atoms with E-state index in [2.05, 4.69) is 67.7 Å². The molecule has 2 heteroatoms. The van der Waals surface area contributed by atoms with E-state index in [0.717, 1.165) is 6.42 Å². The van der Waals surface area contributed by atoms with Crippen molar-refractivity contribution in [3.05, 3.63) is 71.3 Å². The predicted octanol–water partition coefficient (Wildman–Crippen LogP) is 3.44. The summed E-state index contributed by atoms with van der Waals surface area (Å²) < 4.78 is 0. The zero-order chi connectivity index (χ0) is 14.4. The first-order valence-corrected chi connectivity index (χ1v) is 7.23. The number of aryl methyl sites for hydroxylation is 1. The molecule has 0 heterocycles. The van der Waals surface area contributed by atoms with Crippen molar-refractivity contribution in [1.82, 2.24) is 5.32 Å². The number of aliphatic hydroxyl groups is 1. The standard InChI is InChI=1S/C18H23NO/c1-3-16(13-20)19-18(15-10-5-4-6-11-15)17-12-8-7-9-14(17)2/h4-12,16,18-20H,3,13H2,1-2H3/t16-,18?/m1/s1. The third kappa shape index (κ3) is 3.47. The van der Waals surface area contributed by atoms with Gasteiger partial charge in [0, 0.05) is 6.04 Å². The summed E-state index contributed by atoms with van der Waals surface area (Å²) in [4.78, 5) is 0. The smallest absolute Gasteiger partial charge is 0.0584 e. The van der Waals surface area contributed by atoms with Crippen molar-refractivity contribution in [2.24, 2.45) is 0 Å². The number of hydrogen-bond acceptors (Lipinski definition) is 2. The van der Waals surface area contributed by atoms with Gasteiger partial charge in [0.25, 0.3) is 0 Å². The number of nitrogens with one attached hydrogen (secondary N) is 1. The molecule has 2 N–H and O–H groups in total. The Morgan fingerprint density at radius 3 is 2.25 bits per heavy atom. The van der Waals surface area contributed by atoms with Gasteiger partial charge in [-0.1, -0.05) is 61.5 Å². The van der Waals surface area contributed by atoms with Crippen LogP contribution in [0.2, 0.25) is 0 Å². The summed E-state index contributed by atoms with van der Waals surface area (Å²) >= 11 is 0. The van der Waals surface area contributed by atoms with Gasteiger partial charge in [0.1, 0.15) is 0 Å². The van der Waals surface area contributed by atoms with Crippen LogP contribution in [0.1, 0.15) is 36.1 Å². The Bertz CT molecular complexity index is 520. The van der Waals surface area contributed by atoms with Gasteiger partial charge < -0.3 is 10.4 Å². The maximum atomic E-state index is 9.48. The molecule has 0 fully saturated rings. The SMILES string of the molecule is CC[C@H](CO)NC(c1ccccc1)c1ccccc1C. The molecule has 1 unspecified atom stereocenters. The minimum Gasteiger partial charge on any atom is -0.395 e. The number of hydrogen-bond donors (Lipinski definition) is 2. The van der Waals surface area contributed by atoms with Crippen LogP contribution in [0.3, 0.4) is 0 Å². The summed E-state index contributed by atoms with van der Waals surface area (Å²) in [5.41, 5.74) is 3.76. The molecule has 0 radical (unpaired) electrons. The van der Waals surface area contributed by atoms with E-state index < -0.39 is 0 Å². The van der Waals surface area contributed by atoms with Gasteiger partial charge >= 0.3 is 0 Å². The lowest BCUT2D eigenvalue weighted by Crippen LogP contribution is -2.36. The van der Waals surface area contributed by atoms with Crippen LogP contribution in [0.5, 0.6) is 0 Å². The highest BCUT2D eigenvalue weighted by molar-refractivity contribution is 5.36. The van der Waals surface area contributed by atoms with Crippen LogP contribution in [0.25, 0.3) is 0 Å². The van der Waals surface area contributed by atoms with Crippen LogP contribution in [-0.2, 0) is 0 Å². The molecule has 0 saturated heterocycles. The number of benzene rings is 2. The highest BCUT2D eigenvalue weighted by Gasteiger charge is 2.18. The Kier molecular flexibility index (Phi) is 5.33. The van der Waals surface area contributed by atoms with E-state index in [1.54, 1.807) is 0 Å².